The molecular formula is C24H25N5O5. The number of ether oxygens (including phenoxy) is 4. The number of hydrogen-bond acceptors (Lipinski definition) is 7. The molecule has 0 spiro atoms. The number of rotatable bonds is 10. The van der Waals surface area contributed by atoms with Gasteiger partial charge in [-0.2, -0.15) is 10.2 Å². The SMILES string of the molecule is COc1cccc(Cn2cc(NC(=O)c3ccn(COc4c(OC)cccc4OC)n3)cn2)c1. The molecule has 34 heavy (non-hydrogen) atoms. The largest absolute Gasteiger partial charge is 0.497 e. The molecule has 0 radical (unpaired) electrons. The van der Waals surface area contributed by atoms with Crippen molar-refractivity contribution in [1.29, 1.82) is 0 Å². The number of methoxy groups -OCH3 is 3. The summed E-state index contributed by atoms with van der Waals surface area (Å²) < 4.78 is 25.0. The van der Waals surface area contributed by atoms with Gasteiger partial charge in [0.15, 0.2) is 23.9 Å². The summed E-state index contributed by atoms with van der Waals surface area (Å²) in [4.78, 5) is 12.6. The molecule has 2 aromatic carbocycles. The fourth-order valence-corrected chi connectivity index (χ4v) is 3.31. The topological polar surface area (TPSA) is 102 Å². The minimum absolute atomic E-state index is 0.0719. The maximum atomic E-state index is 12.6. The molecule has 0 aliphatic rings. The summed E-state index contributed by atoms with van der Waals surface area (Å²) in [5, 5.41) is 11.4. The van der Waals surface area contributed by atoms with E-state index in [1.54, 1.807) is 68.9 Å². The molecule has 0 saturated carbocycles. The number of nitrogens with one attached hydrogen (secondary N) is 1. The third-order valence-corrected chi connectivity index (χ3v) is 4.97. The zero-order valence-corrected chi connectivity index (χ0v) is 19.1. The third kappa shape index (κ3) is 5.29. The zero-order valence-electron chi connectivity index (χ0n) is 19.1. The molecule has 0 fully saturated rings. The van der Waals surface area contributed by atoms with Gasteiger partial charge in [0.05, 0.1) is 39.8 Å². The molecule has 10 heteroatoms. The highest BCUT2D eigenvalue weighted by Gasteiger charge is 2.14. The molecule has 176 valence electrons. The Labute approximate surface area is 196 Å². The van der Waals surface area contributed by atoms with Crippen molar-refractivity contribution in [1.82, 2.24) is 19.6 Å². The highest BCUT2D eigenvalue weighted by Crippen LogP contribution is 2.36. The van der Waals surface area contributed by atoms with E-state index in [1.807, 2.05) is 24.3 Å². The van der Waals surface area contributed by atoms with Crippen molar-refractivity contribution >= 4 is 11.6 Å². The molecule has 0 atom stereocenters. The fraction of sp³-hybridized carbons (Fsp3) is 0.208. The average molecular weight is 463 g/mol. The van der Waals surface area contributed by atoms with Crippen LogP contribution in [0.4, 0.5) is 5.69 Å². The summed E-state index contributed by atoms with van der Waals surface area (Å²) in [6.07, 6.45) is 5.00. The third-order valence-electron chi connectivity index (χ3n) is 4.97. The van der Waals surface area contributed by atoms with E-state index in [1.165, 1.54) is 4.68 Å². The molecule has 2 aromatic heterocycles. The van der Waals surface area contributed by atoms with Gasteiger partial charge in [-0.3, -0.25) is 9.48 Å². The van der Waals surface area contributed by atoms with Crippen molar-refractivity contribution in [3.63, 3.8) is 0 Å². The Hall–Kier alpha value is -4.47. The first-order valence-electron chi connectivity index (χ1n) is 10.4. The molecule has 1 N–H and O–H groups in total. The van der Waals surface area contributed by atoms with Gasteiger partial charge in [0.2, 0.25) is 5.75 Å². The molecule has 1 amide bonds. The van der Waals surface area contributed by atoms with Crippen molar-refractivity contribution in [2.24, 2.45) is 0 Å². The van der Waals surface area contributed by atoms with E-state index in [9.17, 15) is 4.79 Å². The first-order valence-corrected chi connectivity index (χ1v) is 10.4. The van der Waals surface area contributed by atoms with Crippen LogP contribution < -0.4 is 24.3 Å². The van der Waals surface area contributed by atoms with Crippen LogP contribution >= 0.6 is 0 Å². The van der Waals surface area contributed by atoms with Crippen LogP contribution in [0.15, 0.2) is 67.1 Å². The second-order valence-corrected chi connectivity index (χ2v) is 7.24. The van der Waals surface area contributed by atoms with Crippen LogP contribution in [0.3, 0.4) is 0 Å². The van der Waals surface area contributed by atoms with Crippen LogP contribution in [0.25, 0.3) is 0 Å². The quantitative estimate of drug-likeness (QED) is 0.384. The van der Waals surface area contributed by atoms with Crippen molar-refractivity contribution < 1.29 is 23.7 Å². The monoisotopic (exact) mass is 463 g/mol. The van der Waals surface area contributed by atoms with Gasteiger partial charge in [-0.15, -0.1) is 0 Å². The highest BCUT2D eigenvalue weighted by atomic mass is 16.5. The zero-order chi connectivity index (χ0) is 23.9. The number of amides is 1. The molecule has 4 aromatic rings. The molecular weight excluding hydrogens is 438 g/mol. The molecule has 0 saturated heterocycles. The van der Waals surface area contributed by atoms with Crippen molar-refractivity contribution in [3.8, 4) is 23.0 Å². The average Bonchev–Trinajstić information content (AvgIpc) is 3.52. The Morgan fingerprint density at radius 1 is 0.971 bits per heavy atom. The summed E-state index contributed by atoms with van der Waals surface area (Å²) in [7, 11) is 4.73. The maximum Gasteiger partial charge on any atom is 0.276 e. The van der Waals surface area contributed by atoms with Crippen LogP contribution in [0.2, 0.25) is 0 Å². The van der Waals surface area contributed by atoms with Gasteiger partial charge < -0.3 is 24.3 Å². The summed E-state index contributed by atoms with van der Waals surface area (Å²) >= 11 is 0. The molecule has 0 unspecified atom stereocenters. The van der Waals surface area contributed by atoms with Gasteiger partial charge in [0.25, 0.3) is 5.91 Å². The van der Waals surface area contributed by atoms with Crippen molar-refractivity contribution in [2.45, 2.75) is 13.3 Å². The number of hydrogen-bond donors (Lipinski definition) is 1. The lowest BCUT2D eigenvalue weighted by molar-refractivity contribution is 0.102. The van der Waals surface area contributed by atoms with Crippen LogP contribution in [-0.2, 0) is 13.3 Å². The number of benzene rings is 2. The lowest BCUT2D eigenvalue weighted by Gasteiger charge is -2.13. The minimum atomic E-state index is -0.352. The normalized spacial score (nSPS) is 10.6. The smallest absolute Gasteiger partial charge is 0.276 e. The Morgan fingerprint density at radius 3 is 2.47 bits per heavy atom. The van der Waals surface area contributed by atoms with Gasteiger partial charge in [-0.05, 0) is 35.9 Å². The van der Waals surface area contributed by atoms with Crippen LogP contribution in [0, 0.1) is 0 Å². The minimum Gasteiger partial charge on any atom is -0.497 e. The van der Waals surface area contributed by atoms with E-state index < -0.39 is 0 Å². The number of carbonyl (C=O) groups excluding carboxylic acids is 1. The lowest BCUT2D eigenvalue weighted by Crippen LogP contribution is -2.14. The van der Waals surface area contributed by atoms with Crippen LogP contribution in [-0.4, -0.2) is 46.8 Å². The number of para-hydroxylation sites is 1. The van der Waals surface area contributed by atoms with E-state index in [-0.39, 0.29) is 18.3 Å². The predicted molar refractivity (Wildman–Crippen MR) is 125 cm³/mol. The van der Waals surface area contributed by atoms with Crippen molar-refractivity contribution in [3.05, 3.63) is 78.4 Å². The second kappa shape index (κ2) is 10.4. The molecule has 0 aliphatic heterocycles. The summed E-state index contributed by atoms with van der Waals surface area (Å²) in [5.74, 6) is 1.96. The summed E-state index contributed by atoms with van der Waals surface area (Å²) in [6.45, 7) is 0.619. The van der Waals surface area contributed by atoms with Gasteiger partial charge in [-0.1, -0.05) is 18.2 Å². The standard InChI is InChI=1S/C24H25N5O5/c1-31-19-7-4-6-17(12-19)14-29-15-18(13-25-29)26-24(30)20-10-11-28(27-20)16-34-23-21(32-2)8-5-9-22(23)33-3/h4-13,15H,14,16H2,1-3H3,(H,26,30). The summed E-state index contributed by atoms with van der Waals surface area (Å²) in [5.41, 5.74) is 1.85. The van der Waals surface area contributed by atoms with Gasteiger partial charge in [0, 0.05) is 12.4 Å². The molecule has 2 heterocycles. The number of nitrogens with zero attached hydrogens (tertiary/aromatic N) is 4. The molecule has 0 bridgehead atoms. The van der Waals surface area contributed by atoms with Crippen molar-refractivity contribution in [2.75, 3.05) is 26.6 Å². The first kappa shape index (κ1) is 22.7. The van der Waals surface area contributed by atoms with Crippen LogP contribution in [0.5, 0.6) is 23.0 Å². The second-order valence-electron chi connectivity index (χ2n) is 7.24. The number of carbonyl (C=O) groups is 1. The Bertz CT molecular complexity index is 1240. The van der Waals surface area contributed by atoms with Gasteiger partial charge in [0.1, 0.15) is 5.75 Å². The Balaban J connectivity index is 1.36. The maximum absolute atomic E-state index is 12.6. The summed E-state index contributed by atoms with van der Waals surface area (Å²) in [6, 6.07) is 14.7. The van der Waals surface area contributed by atoms with Gasteiger partial charge >= 0.3 is 0 Å². The van der Waals surface area contributed by atoms with E-state index in [2.05, 4.69) is 15.5 Å². The Morgan fingerprint density at radius 2 is 1.74 bits per heavy atom. The first-order chi connectivity index (χ1) is 16.6. The van der Waals surface area contributed by atoms with E-state index in [0.717, 1.165) is 11.3 Å². The molecule has 10 nitrogen and oxygen atoms in total. The highest BCUT2D eigenvalue weighted by molar-refractivity contribution is 6.02. The van der Waals surface area contributed by atoms with E-state index >= 15 is 0 Å². The van der Waals surface area contributed by atoms with E-state index in [0.29, 0.717) is 29.5 Å². The number of anilines is 1. The van der Waals surface area contributed by atoms with E-state index in [4.69, 9.17) is 18.9 Å². The number of aromatic nitrogens is 4. The Kier molecular flexibility index (Phi) is 6.97. The van der Waals surface area contributed by atoms with Crippen LogP contribution in [0.1, 0.15) is 16.1 Å². The fourth-order valence-electron chi connectivity index (χ4n) is 3.31. The lowest BCUT2D eigenvalue weighted by atomic mass is 10.2. The predicted octanol–water partition coefficient (Wildman–Crippen LogP) is 3.44. The molecule has 0 aliphatic carbocycles. The molecule has 4 rings (SSSR count). The van der Waals surface area contributed by atoms with Gasteiger partial charge in [-0.25, -0.2) is 4.68 Å².